The molecule has 0 bridgehead atoms. The number of carbonyl (C=O) groups excluding carboxylic acids is 4. The first kappa shape index (κ1) is 48.5. The van der Waals surface area contributed by atoms with Gasteiger partial charge in [-0.1, -0.05) is 69.1 Å². The van der Waals surface area contributed by atoms with E-state index in [1.165, 1.54) is 12.2 Å². The van der Waals surface area contributed by atoms with Crippen molar-refractivity contribution >= 4 is 57.2 Å². The van der Waals surface area contributed by atoms with E-state index in [0.717, 1.165) is 33.1 Å². The van der Waals surface area contributed by atoms with Crippen LogP contribution in [0.4, 0.5) is 19.2 Å². The first-order valence-electron chi connectivity index (χ1n) is 17.5. The van der Waals surface area contributed by atoms with Gasteiger partial charge in [0, 0.05) is 52.6 Å². The summed E-state index contributed by atoms with van der Waals surface area (Å²) in [4.78, 5) is 45.4. The van der Waals surface area contributed by atoms with E-state index < -0.39 is 41.0 Å². The molecule has 308 valence electrons. The van der Waals surface area contributed by atoms with Gasteiger partial charge in [-0.3, -0.25) is 0 Å². The fraction of sp³-hybridized carbons (Fsp3) is 0.415. The van der Waals surface area contributed by atoms with E-state index in [9.17, 15) is 19.2 Å². The number of halogens is 1. The molecule has 0 saturated carbocycles. The van der Waals surface area contributed by atoms with Gasteiger partial charge in [0.15, 0.2) is 0 Å². The Balaban J connectivity index is 0.000000481. The summed E-state index contributed by atoms with van der Waals surface area (Å²) >= 11 is 4.75. The third-order valence-electron chi connectivity index (χ3n) is 6.92. The van der Waals surface area contributed by atoms with Crippen LogP contribution in [0.5, 0.6) is 0 Å². The maximum absolute atomic E-state index is 12.2. The molecular formula is C41H57ClN4O10. The SMILES string of the molecule is C.C=CCOC(=O)Cl.C=CCOC(=O)NC[C@H](Cc1coc2ccccc12)NC(=O)OC(C)(C)C.CC(C)(C)OC(=O)N[C@H](CN)Cc1coc2ccccc12. The summed E-state index contributed by atoms with van der Waals surface area (Å²) in [6.45, 7) is 18.4. The van der Waals surface area contributed by atoms with Crippen molar-refractivity contribution < 1.29 is 47.0 Å². The van der Waals surface area contributed by atoms with Gasteiger partial charge in [-0.2, -0.15) is 0 Å². The number of para-hydroxylation sites is 2. The number of furan rings is 2. The molecule has 3 amide bonds. The van der Waals surface area contributed by atoms with E-state index in [2.05, 4.69) is 33.8 Å². The summed E-state index contributed by atoms with van der Waals surface area (Å²) < 4.78 is 30.7. The number of alkyl carbamates (subject to hydrolysis) is 3. The zero-order valence-electron chi connectivity index (χ0n) is 32.3. The van der Waals surface area contributed by atoms with Gasteiger partial charge in [0.05, 0.1) is 18.6 Å². The fourth-order valence-corrected chi connectivity index (χ4v) is 4.81. The lowest BCUT2D eigenvalue weighted by molar-refractivity contribution is 0.0492. The number of nitrogens with one attached hydrogen (secondary N) is 3. The van der Waals surface area contributed by atoms with Crippen LogP contribution in [0.25, 0.3) is 21.9 Å². The molecule has 2 aromatic carbocycles. The van der Waals surface area contributed by atoms with Gasteiger partial charge in [-0.05, 0) is 66.5 Å². The second kappa shape index (κ2) is 24.1. The topological polar surface area (TPSA) is 194 Å². The van der Waals surface area contributed by atoms with Crippen molar-refractivity contribution in [2.45, 2.75) is 85.1 Å². The van der Waals surface area contributed by atoms with Crippen LogP contribution in [0.15, 0.2) is 95.2 Å². The minimum Gasteiger partial charge on any atom is -0.464 e. The van der Waals surface area contributed by atoms with Crippen LogP contribution < -0.4 is 21.7 Å². The number of hydrogen-bond donors (Lipinski definition) is 4. The van der Waals surface area contributed by atoms with Gasteiger partial charge in [0.2, 0.25) is 0 Å². The summed E-state index contributed by atoms with van der Waals surface area (Å²) in [7, 11) is 0. The summed E-state index contributed by atoms with van der Waals surface area (Å²) in [6, 6.07) is 14.8. The van der Waals surface area contributed by atoms with Crippen molar-refractivity contribution in [3.63, 3.8) is 0 Å². The summed E-state index contributed by atoms with van der Waals surface area (Å²) in [5.41, 5.74) is 7.36. The number of carbonyl (C=O) groups is 4. The molecular weight excluding hydrogens is 744 g/mol. The highest BCUT2D eigenvalue weighted by molar-refractivity contribution is 6.61. The Morgan fingerprint density at radius 1 is 0.732 bits per heavy atom. The molecule has 0 unspecified atom stereocenters. The largest absolute Gasteiger partial charge is 0.464 e. The minimum atomic E-state index is -0.792. The molecule has 2 heterocycles. The predicted octanol–water partition coefficient (Wildman–Crippen LogP) is 8.79. The van der Waals surface area contributed by atoms with Crippen molar-refractivity contribution in [1.82, 2.24) is 16.0 Å². The minimum absolute atomic E-state index is 0. The van der Waals surface area contributed by atoms with E-state index in [4.69, 9.17) is 40.4 Å². The monoisotopic (exact) mass is 800 g/mol. The normalized spacial score (nSPS) is 11.8. The Kier molecular flexibility index (Phi) is 20.9. The molecule has 0 fully saturated rings. The van der Waals surface area contributed by atoms with Crippen LogP contribution >= 0.6 is 11.6 Å². The van der Waals surface area contributed by atoms with Gasteiger partial charge in [0.1, 0.15) is 35.6 Å². The first-order valence-corrected chi connectivity index (χ1v) is 17.9. The number of fused-ring (bicyclic) bond motifs is 2. The maximum atomic E-state index is 12.2. The number of hydrogen-bond acceptors (Lipinski definition) is 11. The Bertz CT molecular complexity index is 1840. The van der Waals surface area contributed by atoms with Crippen LogP contribution in [-0.2, 0) is 31.8 Å². The maximum Gasteiger partial charge on any atom is 0.407 e. The summed E-state index contributed by atoms with van der Waals surface area (Å²) in [6.07, 6.45) is 5.77. The average Bonchev–Trinajstić information content (AvgIpc) is 3.71. The quantitative estimate of drug-likeness (QED) is 0.0574. The molecule has 2 atom stereocenters. The molecule has 4 rings (SSSR count). The fourth-order valence-electron chi connectivity index (χ4n) is 4.75. The van der Waals surface area contributed by atoms with E-state index in [0.29, 0.717) is 19.4 Å². The van der Waals surface area contributed by atoms with E-state index >= 15 is 0 Å². The Hall–Kier alpha value is -5.47. The van der Waals surface area contributed by atoms with E-state index in [1.807, 2.05) is 69.3 Å². The van der Waals surface area contributed by atoms with Crippen molar-refractivity contribution in [2.24, 2.45) is 5.73 Å². The average molecular weight is 801 g/mol. The van der Waals surface area contributed by atoms with Gasteiger partial charge in [-0.25, -0.2) is 19.2 Å². The van der Waals surface area contributed by atoms with Crippen molar-refractivity contribution in [3.8, 4) is 0 Å². The molecule has 0 aliphatic heterocycles. The highest BCUT2D eigenvalue weighted by atomic mass is 35.5. The molecule has 0 spiro atoms. The number of ether oxygens (including phenoxy) is 4. The highest BCUT2D eigenvalue weighted by Gasteiger charge is 2.22. The molecule has 0 saturated heterocycles. The predicted molar refractivity (Wildman–Crippen MR) is 219 cm³/mol. The number of benzene rings is 2. The second-order valence-electron chi connectivity index (χ2n) is 13.9. The third kappa shape index (κ3) is 19.2. The summed E-state index contributed by atoms with van der Waals surface area (Å²) in [5, 5.41) is 10.2. The van der Waals surface area contributed by atoms with Gasteiger partial charge in [-0.15, -0.1) is 0 Å². The van der Waals surface area contributed by atoms with Crippen LogP contribution in [-0.4, -0.2) is 73.3 Å². The number of rotatable bonds is 13. The third-order valence-corrected chi connectivity index (χ3v) is 7.03. The Morgan fingerprint density at radius 2 is 1.16 bits per heavy atom. The van der Waals surface area contributed by atoms with Gasteiger partial charge >= 0.3 is 23.7 Å². The second-order valence-corrected chi connectivity index (χ2v) is 14.3. The lowest BCUT2D eigenvalue weighted by atomic mass is 10.1. The lowest BCUT2D eigenvalue weighted by Crippen LogP contribution is -2.46. The molecule has 0 aliphatic rings. The zero-order chi connectivity index (χ0) is 41.0. The Morgan fingerprint density at radius 3 is 1.57 bits per heavy atom. The van der Waals surface area contributed by atoms with Crippen LogP contribution in [0, 0.1) is 0 Å². The zero-order valence-corrected chi connectivity index (χ0v) is 33.0. The molecule has 56 heavy (non-hydrogen) atoms. The van der Waals surface area contributed by atoms with Crippen molar-refractivity contribution in [1.29, 1.82) is 0 Å². The Labute approximate surface area is 334 Å². The molecule has 2 aromatic heterocycles. The molecule has 0 aliphatic carbocycles. The van der Waals surface area contributed by atoms with E-state index in [1.54, 1.807) is 33.3 Å². The first-order chi connectivity index (χ1) is 25.9. The van der Waals surface area contributed by atoms with Crippen molar-refractivity contribution in [3.05, 3.63) is 97.5 Å². The van der Waals surface area contributed by atoms with Gasteiger partial charge in [0.25, 0.3) is 0 Å². The van der Waals surface area contributed by atoms with E-state index in [-0.39, 0.29) is 33.2 Å². The standard InChI is InChI=1S/C20H26N2O5.C16H22N2O3.C4H5ClO2.CH4/c1-5-10-25-18(23)21-12-15(22-19(24)27-20(2,3)4)11-14-13-26-17-9-7-6-8-16(14)17;1-16(2,3)21-15(19)18-12(9-17)8-11-10-20-14-7-5-4-6-13(11)14;1-2-3-7-4(5)6;/h5-9,13,15H,1,10-12H2,2-4H3,(H,21,23)(H,22,24);4-7,10,12H,8-9,17H2,1-3H3,(H,18,19);2H,1,3H2;1H4/t15-;12-;;/m00../s1. The van der Waals surface area contributed by atoms with Crippen molar-refractivity contribution in [2.75, 3.05) is 26.3 Å². The molecule has 15 heteroatoms. The molecule has 0 radical (unpaired) electrons. The number of amides is 3. The highest BCUT2D eigenvalue weighted by Crippen LogP contribution is 2.23. The van der Waals surface area contributed by atoms with Crippen LogP contribution in [0.3, 0.4) is 0 Å². The molecule has 5 N–H and O–H groups in total. The molecule has 14 nitrogen and oxygen atoms in total. The molecule has 4 aromatic rings. The smallest absolute Gasteiger partial charge is 0.407 e. The van der Waals surface area contributed by atoms with Crippen LogP contribution in [0.1, 0.15) is 60.1 Å². The summed E-state index contributed by atoms with van der Waals surface area (Å²) in [5.74, 6) is 0. The van der Waals surface area contributed by atoms with Crippen LogP contribution in [0.2, 0.25) is 0 Å². The number of nitrogens with two attached hydrogens (primary N) is 1. The van der Waals surface area contributed by atoms with Gasteiger partial charge < -0.3 is 49.5 Å². The lowest BCUT2D eigenvalue weighted by Gasteiger charge is -2.23.